The van der Waals surface area contributed by atoms with Crippen LogP contribution in [0.3, 0.4) is 0 Å². The average molecular weight is 642 g/mol. The van der Waals surface area contributed by atoms with Gasteiger partial charge in [0, 0.05) is 22.2 Å². The molecule has 0 amide bonds. The van der Waals surface area contributed by atoms with Crippen molar-refractivity contribution in [3.8, 4) is 17.0 Å². The Kier molecular flexibility index (Phi) is 7.89. The molecule has 0 fully saturated rings. The molecule has 0 bridgehead atoms. The maximum Gasteiger partial charge on any atom is 0.416 e. The van der Waals surface area contributed by atoms with E-state index >= 15 is 0 Å². The molecule has 0 atom stereocenters. The van der Waals surface area contributed by atoms with Gasteiger partial charge in [0.2, 0.25) is 0 Å². The van der Waals surface area contributed by atoms with Crippen LogP contribution in [0.5, 0.6) is 5.75 Å². The molecule has 0 unspecified atom stereocenters. The lowest BCUT2D eigenvalue weighted by molar-refractivity contribution is -0.138. The minimum Gasteiger partial charge on any atom is -0.508 e. The molecule has 0 saturated carbocycles. The SMILES string of the molecule is Nc1cc(-c2cc(O)cc(F)c2)nn(Cc2nc3cccc(Br)c3c(=O)n2Cc2ccccc2C(F)(F)F)cncn1. The summed E-state index contributed by atoms with van der Waals surface area (Å²) in [7, 11) is 0. The highest BCUT2D eigenvalue weighted by molar-refractivity contribution is 9.10. The number of phenolic OH excluding ortho intramolecular Hbond substituents is 1. The summed E-state index contributed by atoms with van der Waals surface area (Å²) in [5.74, 6) is -1.05. The Morgan fingerprint density at radius 1 is 1.00 bits per heavy atom. The number of phenols is 1. The van der Waals surface area contributed by atoms with Crippen LogP contribution in [0.2, 0.25) is 0 Å². The number of anilines is 1. The maximum atomic E-state index is 14.1. The summed E-state index contributed by atoms with van der Waals surface area (Å²) in [6.07, 6.45) is -2.28. The second-order valence-corrected chi connectivity index (χ2v) is 9.92. The van der Waals surface area contributed by atoms with Crippen molar-refractivity contribution in [3.05, 3.63) is 117 Å². The Labute approximate surface area is 243 Å². The maximum absolute atomic E-state index is 14.1. The number of aromatic nitrogens is 6. The first-order chi connectivity index (χ1) is 20.0. The van der Waals surface area contributed by atoms with Gasteiger partial charge >= 0.3 is 6.18 Å². The van der Waals surface area contributed by atoms with Gasteiger partial charge < -0.3 is 10.8 Å². The molecular weight excluding hydrogens is 622 g/mol. The largest absolute Gasteiger partial charge is 0.508 e. The van der Waals surface area contributed by atoms with Crippen LogP contribution in [0.4, 0.5) is 23.4 Å². The monoisotopic (exact) mass is 641 g/mol. The molecule has 0 aliphatic heterocycles. The van der Waals surface area contributed by atoms with Gasteiger partial charge in [0.25, 0.3) is 5.56 Å². The standard InChI is InChI=1S/C28H20BrF4N7O2/c29-21-6-3-7-22-26(21)27(42)40(12-16-4-1-2-5-20(16)28(31,32)33)25(37-22)13-39-15-35-14-36-24(34)11-23(38-39)17-8-18(30)10-19(41)9-17/h1-11,14-15,41H,12-13,34H2. The molecule has 9 nitrogen and oxygen atoms in total. The van der Waals surface area contributed by atoms with Crippen LogP contribution in [-0.2, 0) is 19.3 Å². The summed E-state index contributed by atoms with van der Waals surface area (Å²) < 4.78 is 58.4. The van der Waals surface area contributed by atoms with Crippen LogP contribution in [-0.4, -0.2) is 34.4 Å². The fraction of sp³-hybridized carbons (Fsp3) is 0.107. The van der Waals surface area contributed by atoms with Crippen molar-refractivity contribution in [2.24, 2.45) is 0 Å². The van der Waals surface area contributed by atoms with E-state index in [1.54, 1.807) is 18.2 Å². The van der Waals surface area contributed by atoms with Gasteiger partial charge in [-0.05, 0) is 51.8 Å². The van der Waals surface area contributed by atoms with Gasteiger partial charge in [-0.1, -0.05) is 24.3 Å². The Bertz CT molecular complexity index is 1900. The lowest BCUT2D eigenvalue weighted by Gasteiger charge is -2.17. The summed E-state index contributed by atoms with van der Waals surface area (Å²) >= 11 is 3.34. The van der Waals surface area contributed by atoms with Crippen LogP contribution in [0.25, 0.3) is 22.2 Å². The first-order valence-electron chi connectivity index (χ1n) is 12.2. The summed E-state index contributed by atoms with van der Waals surface area (Å²) in [4.78, 5) is 26.3. The summed E-state index contributed by atoms with van der Waals surface area (Å²) in [5, 5.41) is 14.6. The molecule has 2 heterocycles. The molecule has 0 spiro atoms. The number of halogens is 5. The summed E-state index contributed by atoms with van der Waals surface area (Å²) in [6, 6.07) is 14.5. The molecule has 0 radical (unpaired) electrons. The minimum absolute atomic E-state index is 0.0224. The van der Waals surface area contributed by atoms with Gasteiger partial charge in [0.05, 0.1) is 28.7 Å². The third-order valence-corrected chi connectivity index (χ3v) is 6.80. The van der Waals surface area contributed by atoms with Crippen LogP contribution < -0.4 is 11.3 Å². The van der Waals surface area contributed by atoms with E-state index in [2.05, 4.69) is 36.0 Å². The van der Waals surface area contributed by atoms with Gasteiger partial charge in [0.15, 0.2) is 0 Å². The number of hydrogen-bond donors (Lipinski definition) is 2. The number of nitrogens with two attached hydrogens (primary N) is 1. The number of nitrogens with zero attached hydrogens (tertiary/aromatic N) is 6. The molecule has 3 aromatic carbocycles. The summed E-state index contributed by atoms with van der Waals surface area (Å²) in [5.41, 5.74) is 4.84. The van der Waals surface area contributed by atoms with Gasteiger partial charge in [-0.3, -0.25) is 9.36 Å². The quantitative estimate of drug-likeness (QED) is 0.244. The highest BCUT2D eigenvalue weighted by atomic mass is 79.9. The molecule has 14 heteroatoms. The Morgan fingerprint density at radius 3 is 2.55 bits per heavy atom. The number of benzene rings is 3. The second-order valence-electron chi connectivity index (χ2n) is 9.07. The Balaban J connectivity index is 1.72. The van der Waals surface area contributed by atoms with Crippen molar-refractivity contribution in [2.75, 3.05) is 5.73 Å². The molecule has 5 rings (SSSR count). The van der Waals surface area contributed by atoms with Crippen LogP contribution in [0.15, 0.2) is 88.7 Å². The molecule has 0 aliphatic rings. The van der Waals surface area contributed by atoms with E-state index in [1.165, 1.54) is 41.3 Å². The predicted molar refractivity (Wildman–Crippen MR) is 150 cm³/mol. The molecule has 42 heavy (non-hydrogen) atoms. The number of hydrogen-bond acceptors (Lipinski definition) is 7. The van der Waals surface area contributed by atoms with E-state index in [4.69, 9.17) is 5.73 Å². The fourth-order valence-electron chi connectivity index (χ4n) is 4.32. The Hall–Kier alpha value is -4.85. The normalized spacial score (nSPS) is 11.5. The number of fused-ring (bicyclic) bond motifs is 1. The van der Waals surface area contributed by atoms with E-state index in [1.807, 2.05) is 0 Å². The van der Waals surface area contributed by atoms with E-state index in [0.717, 1.165) is 29.1 Å². The second kappa shape index (κ2) is 11.6. The molecule has 0 aliphatic carbocycles. The zero-order valence-corrected chi connectivity index (χ0v) is 23.0. The third kappa shape index (κ3) is 6.22. The highest BCUT2D eigenvalue weighted by Crippen LogP contribution is 2.32. The predicted octanol–water partition coefficient (Wildman–Crippen LogP) is 5.48. The zero-order chi connectivity index (χ0) is 30.0. The topological polar surface area (TPSA) is 125 Å². The molecule has 2 aromatic heterocycles. The first-order valence-corrected chi connectivity index (χ1v) is 13.0. The van der Waals surface area contributed by atoms with E-state index in [9.17, 15) is 27.5 Å². The third-order valence-electron chi connectivity index (χ3n) is 6.14. The molecular formula is C28H20BrF4N7O2. The van der Waals surface area contributed by atoms with Gasteiger partial charge in [0.1, 0.15) is 42.4 Å². The number of alkyl halides is 3. The van der Waals surface area contributed by atoms with Crippen molar-refractivity contribution < 1.29 is 22.7 Å². The van der Waals surface area contributed by atoms with E-state index < -0.39 is 29.7 Å². The van der Waals surface area contributed by atoms with Crippen molar-refractivity contribution in [1.29, 1.82) is 0 Å². The molecule has 0 saturated heterocycles. The molecule has 3 N–H and O–H groups in total. The molecule has 5 aromatic rings. The smallest absolute Gasteiger partial charge is 0.416 e. The number of nitrogen functional groups attached to an aromatic ring is 1. The lowest BCUT2D eigenvalue weighted by atomic mass is 10.1. The zero-order valence-electron chi connectivity index (χ0n) is 21.4. The lowest BCUT2D eigenvalue weighted by Crippen LogP contribution is -2.28. The average Bonchev–Trinajstić information content (AvgIpc) is 3.00. The van der Waals surface area contributed by atoms with Crippen LogP contribution >= 0.6 is 15.9 Å². The van der Waals surface area contributed by atoms with Crippen LogP contribution in [0.1, 0.15) is 17.0 Å². The number of rotatable bonds is 5. The minimum atomic E-state index is -4.65. The van der Waals surface area contributed by atoms with Gasteiger partial charge in [-0.2, -0.15) is 18.3 Å². The summed E-state index contributed by atoms with van der Waals surface area (Å²) in [6.45, 7) is -0.691. The van der Waals surface area contributed by atoms with Crippen molar-refractivity contribution in [2.45, 2.75) is 19.3 Å². The van der Waals surface area contributed by atoms with E-state index in [0.29, 0.717) is 9.99 Å². The number of aromatic hydroxyl groups is 1. The van der Waals surface area contributed by atoms with Gasteiger partial charge in [-0.15, -0.1) is 0 Å². The molecule has 214 valence electrons. The Morgan fingerprint density at radius 2 is 1.79 bits per heavy atom. The van der Waals surface area contributed by atoms with Gasteiger partial charge in [-0.25, -0.2) is 24.0 Å². The van der Waals surface area contributed by atoms with Crippen molar-refractivity contribution >= 4 is 32.7 Å². The van der Waals surface area contributed by atoms with Crippen molar-refractivity contribution in [3.63, 3.8) is 0 Å². The van der Waals surface area contributed by atoms with Crippen molar-refractivity contribution in [1.82, 2.24) is 29.3 Å². The first kappa shape index (κ1) is 28.7. The van der Waals surface area contributed by atoms with Crippen LogP contribution in [0, 0.1) is 5.82 Å². The highest BCUT2D eigenvalue weighted by Gasteiger charge is 2.33. The van der Waals surface area contributed by atoms with E-state index in [-0.39, 0.29) is 46.1 Å². The fourth-order valence-corrected chi connectivity index (χ4v) is 4.84.